The summed E-state index contributed by atoms with van der Waals surface area (Å²) in [6, 6.07) is 14.8. The van der Waals surface area contributed by atoms with Gasteiger partial charge in [-0.2, -0.15) is 0 Å². The lowest BCUT2D eigenvalue weighted by Gasteiger charge is -2.26. The van der Waals surface area contributed by atoms with Crippen molar-refractivity contribution in [1.29, 1.82) is 0 Å². The molecule has 1 aromatic carbocycles. The third kappa shape index (κ3) is 6.39. The Hall–Kier alpha value is -3.47. The zero-order valence-corrected chi connectivity index (χ0v) is 20.7. The Bertz CT molecular complexity index is 1170. The summed E-state index contributed by atoms with van der Waals surface area (Å²) in [6.07, 6.45) is 1.32. The van der Waals surface area contributed by atoms with Crippen LogP contribution < -0.4 is 11.1 Å². The molecular formula is C26H33N5O5. The van der Waals surface area contributed by atoms with Gasteiger partial charge in [0, 0.05) is 13.1 Å². The molecule has 4 rings (SSSR count). The van der Waals surface area contributed by atoms with Crippen molar-refractivity contribution in [2.75, 3.05) is 32.9 Å². The Labute approximate surface area is 210 Å². The fourth-order valence-corrected chi connectivity index (χ4v) is 3.87. The van der Waals surface area contributed by atoms with Crippen LogP contribution in [0.2, 0.25) is 0 Å². The molecule has 3 heterocycles. The number of hydrogen-bond acceptors (Lipinski definition) is 7. The summed E-state index contributed by atoms with van der Waals surface area (Å²) in [5.74, 6) is 0.234. The topological polar surface area (TPSA) is 120 Å². The van der Waals surface area contributed by atoms with Gasteiger partial charge in [-0.3, -0.25) is 9.20 Å². The first-order valence-electron chi connectivity index (χ1n) is 12.0. The fraction of sp³-hybridized carbons (Fsp3) is 0.423. The van der Waals surface area contributed by atoms with E-state index in [0.29, 0.717) is 38.7 Å². The van der Waals surface area contributed by atoms with Gasteiger partial charge in [0.1, 0.15) is 18.5 Å². The number of hydrogen-bond donors (Lipinski definition) is 2. The van der Waals surface area contributed by atoms with Crippen LogP contribution in [0.5, 0.6) is 0 Å². The zero-order chi connectivity index (χ0) is 25.5. The lowest BCUT2D eigenvalue weighted by molar-refractivity contribution is -0.126. The summed E-state index contributed by atoms with van der Waals surface area (Å²) in [5, 5.41) is 2.98. The predicted molar refractivity (Wildman–Crippen MR) is 133 cm³/mol. The molecule has 1 fully saturated rings. The van der Waals surface area contributed by atoms with Gasteiger partial charge in [-0.05, 0) is 31.5 Å². The molecule has 2 amide bonds. The van der Waals surface area contributed by atoms with Crippen molar-refractivity contribution in [3.63, 3.8) is 0 Å². The van der Waals surface area contributed by atoms with Crippen LogP contribution in [-0.4, -0.2) is 64.7 Å². The quantitative estimate of drug-likeness (QED) is 0.468. The normalized spacial score (nSPS) is 15.0. The molecule has 192 valence electrons. The average Bonchev–Trinajstić information content (AvgIpc) is 3.32. The second-order valence-electron chi connectivity index (χ2n) is 9.30. The highest BCUT2D eigenvalue weighted by atomic mass is 16.6. The van der Waals surface area contributed by atoms with Crippen molar-refractivity contribution in [2.24, 2.45) is 5.73 Å². The summed E-state index contributed by atoms with van der Waals surface area (Å²) in [6.45, 7) is 5.89. The Morgan fingerprint density at radius 2 is 1.86 bits per heavy atom. The van der Waals surface area contributed by atoms with Crippen molar-refractivity contribution < 1.29 is 23.8 Å². The van der Waals surface area contributed by atoms with E-state index in [2.05, 4.69) is 10.3 Å². The number of morpholine rings is 1. The standard InChI is InChI=1S/C26H33N5O5/c1-26(2,27)24(32)29-22(18-35-16-19-7-4-3-5-8-19)23-28-15-20-9-6-10-21(31(20)23)17-36-25(33)30-11-13-34-14-12-30/h3-10,15,22H,11-14,16-18,27H2,1-2H3,(H,29,32)/t22-/m1/s1. The van der Waals surface area contributed by atoms with Crippen LogP contribution in [0.1, 0.15) is 37.0 Å². The largest absolute Gasteiger partial charge is 0.443 e. The van der Waals surface area contributed by atoms with Crippen molar-refractivity contribution in [2.45, 2.75) is 38.6 Å². The molecule has 0 bridgehead atoms. The maximum Gasteiger partial charge on any atom is 0.410 e. The molecule has 3 N–H and O–H groups in total. The Morgan fingerprint density at radius 3 is 2.58 bits per heavy atom. The highest BCUT2D eigenvalue weighted by Crippen LogP contribution is 2.20. The first-order valence-corrected chi connectivity index (χ1v) is 12.0. The molecule has 0 radical (unpaired) electrons. The van der Waals surface area contributed by atoms with Gasteiger partial charge >= 0.3 is 6.09 Å². The molecule has 0 spiro atoms. The van der Waals surface area contributed by atoms with E-state index in [-0.39, 0.29) is 19.1 Å². The van der Waals surface area contributed by atoms with Crippen molar-refractivity contribution in [3.8, 4) is 0 Å². The minimum atomic E-state index is -1.08. The van der Waals surface area contributed by atoms with Crippen LogP contribution in [0.4, 0.5) is 4.79 Å². The Kier molecular flexibility index (Phi) is 8.19. The molecule has 0 unspecified atom stereocenters. The number of imidazole rings is 1. The SMILES string of the molecule is CC(C)(N)C(=O)N[C@H](COCc1ccccc1)c1ncc2cccc(COC(=O)N3CCOCC3)n12. The minimum absolute atomic E-state index is 0.0464. The molecule has 1 aliphatic rings. The maximum atomic E-state index is 12.8. The summed E-state index contributed by atoms with van der Waals surface area (Å²) in [5.41, 5.74) is 7.50. The highest BCUT2D eigenvalue weighted by molar-refractivity contribution is 5.85. The van der Waals surface area contributed by atoms with Gasteiger partial charge in [-0.25, -0.2) is 9.78 Å². The number of nitrogens with one attached hydrogen (secondary N) is 1. The van der Waals surface area contributed by atoms with Gasteiger partial charge < -0.3 is 30.2 Å². The average molecular weight is 496 g/mol. The van der Waals surface area contributed by atoms with Gasteiger partial charge in [-0.15, -0.1) is 0 Å². The van der Waals surface area contributed by atoms with Gasteiger partial charge in [-0.1, -0.05) is 36.4 Å². The molecule has 0 saturated carbocycles. The lowest BCUT2D eigenvalue weighted by Crippen LogP contribution is -2.51. The fourth-order valence-electron chi connectivity index (χ4n) is 3.87. The number of nitrogens with zero attached hydrogens (tertiary/aromatic N) is 3. The van der Waals surface area contributed by atoms with Crippen molar-refractivity contribution in [1.82, 2.24) is 19.6 Å². The summed E-state index contributed by atoms with van der Waals surface area (Å²) in [7, 11) is 0. The molecule has 0 aliphatic carbocycles. The molecule has 10 nitrogen and oxygen atoms in total. The third-order valence-electron chi connectivity index (χ3n) is 5.87. The number of fused-ring (bicyclic) bond motifs is 1. The van der Waals surface area contributed by atoms with Crippen molar-refractivity contribution >= 4 is 17.5 Å². The van der Waals surface area contributed by atoms with E-state index in [1.165, 1.54) is 0 Å². The van der Waals surface area contributed by atoms with E-state index in [1.54, 1.807) is 24.9 Å². The van der Waals surface area contributed by atoms with Crippen LogP contribution in [0.15, 0.2) is 54.7 Å². The zero-order valence-electron chi connectivity index (χ0n) is 20.7. The number of aromatic nitrogens is 2. The molecule has 1 aliphatic heterocycles. The first-order chi connectivity index (χ1) is 17.3. The van der Waals surface area contributed by atoms with Crippen LogP contribution in [0.25, 0.3) is 5.52 Å². The minimum Gasteiger partial charge on any atom is -0.443 e. The molecule has 10 heteroatoms. The van der Waals surface area contributed by atoms with E-state index in [9.17, 15) is 9.59 Å². The predicted octanol–water partition coefficient (Wildman–Crippen LogP) is 2.41. The summed E-state index contributed by atoms with van der Waals surface area (Å²) < 4.78 is 18.8. The molecule has 1 saturated heterocycles. The maximum absolute atomic E-state index is 12.8. The van der Waals surface area contributed by atoms with Crippen LogP contribution in [-0.2, 0) is 32.2 Å². The number of nitrogens with two attached hydrogens (primary N) is 1. The van der Waals surface area contributed by atoms with Crippen LogP contribution in [0, 0.1) is 0 Å². The summed E-state index contributed by atoms with van der Waals surface area (Å²) in [4.78, 5) is 31.6. The number of benzene rings is 1. The monoisotopic (exact) mass is 495 g/mol. The second-order valence-corrected chi connectivity index (χ2v) is 9.30. The molecule has 36 heavy (non-hydrogen) atoms. The molecule has 3 aromatic rings. The second kappa shape index (κ2) is 11.5. The third-order valence-corrected chi connectivity index (χ3v) is 5.87. The number of pyridine rings is 1. The number of carbonyl (C=O) groups excluding carboxylic acids is 2. The van der Waals surface area contributed by atoms with Crippen molar-refractivity contribution in [3.05, 3.63) is 71.8 Å². The molecule has 2 aromatic heterocycles. The number of rotatable bonds is 9. The first kappa shape index (κ1) is 25.6. The lowest BCUT2D eigenvalue weighted by atomic mass is 10.1. The number of carbonyl (C=O) groups is 2. The summed E-state index contributed by atoms with van der Waals surface area (Å²) >= 11 is 0. The van der Waals surface area contributed by atoms with Gasteiger partial charge in [0.25, 0.3) is 0 Å². The van der Waals surface area contributed by atoms with Gasteiger partial charge in [0.15, 0.2) is 0 Å². The van der Waals surface area contributed by atoms with E-state index in [4.69, 9.17) is 19.9 Å². The Morgan fingerprint density at radius 1 is 1.11 bits per heavy atom. The molecule has 1 atom stereocenters. The molecular weight excluding hydrogens is 462 g/mol. The Balaban J connectivity index is 1.55. The van der Waals surface area contributed by atoms with E-state index in [0.717, 1.165) is 16.8 Å². The van der Waals surface area contributed by atoms with E-state index < -0.39 is 17.7 Å². The van der Waals surface area contributed by atoms with Crippen LogP contribution in [0.3, 0.4) is 0 Å². The van der Waals surface area contributed by atoms with Crippen LogP contribution >= 0.6 is 0 Å². The highest BCUT2D eigenvalue weighted by Gasteiger charge is 2.28. The number of amides is 2. The van der Waals surface area contributed by atoms with Gasteiger partial charge in [0.2, 0.25) is 5.91 Å². The van der Waals surface area contributed by atoms with Gasteiger partial charge in [0.05, 0.1) is 49.4 Å². The number of ether oxygens (including phenoxy) is 3. The smallest absolute Gasteiger partial charge is 0.410 e. The van der Waals surface area contributed by atoms with E-state index >= 15 is 0 Å². The van der Waals surface area contributed by atoms with E-state index in [1.807, 2.05) is 52.9 Å².